The Hall–Kier alpha value is -1.58. The van der Waals surface area contributed by atoms with Crippen LogP contribution >= 0.6 is 11.7 Å². The highest BCUT2D eigenvalue weighted by Crippen LogP contribution is 2.33. The second-order valence-corrected chi connectivity index (χ2v) is 9.51. The number of benzene rings is 1. The molecule has 0 unspecified atom stereocenters. The molecule has 4 rings (SSSR count). The average molecular weight is 380 g/mol. The third-order valence-corrected chi connectivity index (χ3v) is 7.90. The predicted molar refractivity (Wildman–Crippen MR) is 96.0 cm³/mol. The number of hydrogen-bond donors (Lipinski definition) is 1. The van der Waals surface area contributed by atoms with Gasteiger partial charge in [0.1, 0.15) is 11.0 Å². The summed E-state index contributed by atoms with van der Waals surface area (Å²) in [5, 5.41) is 2.82. The number of hydrogen-bond acceptors (Lipinski definition) is 6. The predicted octanol–water partition coefficient (Wildman–Crippen LogP) is 1.63. The molecule has 2 aromatic rings. The van der Waals surface area contributed by atoms with Crippen molar-refractivity contribution in [2.45, 2.75) is 30.9 Å². The van der Waals surface area contributed by atoms with Crippen LogP contribution in [0.5, 0.6) is 0 Å². The molecule has 1 amide bonds. The van der Waals surface area contributed by atoms with Gasteiger partial charge in [-0.1, -0.05) is 0 Å². The highest BCUT2D eigenvalue weighted by Gasteiger charge is 2.41. The minimum atomic E-state index is -3.07. The van der Waals surface area contributed by atoms with Crippen LogP contribution in [-0.4, -0.2) is 52.3 Å². The summed E-state index contributed by atoms with van der Waals surface area (Å²) < 4.78 is 34.4. The fourth-order valence-electron chi connectivity index (χ4n) is 3.21. The third-order valence-electron chi connectivity index (χ3n) is 4.95. The molecule has 134 valence electrons. The van der Waals surface area contributed by atoms with Crippen molar-refractivity contribution in [2.75, 3.05) is 19.6 Å². The van der Waals surface area contributed by atoms with E-state index in [1.807, 2.05) is 0 Å². The molecule has 1 aromatic carbocycles. The summed E-state index contributed by atoms with van der Waals surface area (Å²) in [7, 11) is -3.07. The molecule has 1 N–H and O–H groups in total. The number of piperidine rings is 1. The number of carbonyl (C=O) groups is 1. The van der Waals surface area contributed by atoms with Crippen molar-refractivity contribution in [1.29, 1.82) is 0 Å². The Morgan fingerprint density at radius 1 is 1.16 bits per heavy atom. The van der Waals surface area contributed by atoms with Crippen molar-refractivity contribution in [3.05, 3.63) is 23.8 Å². The highest BCUT2D eigenvalue weighted by atomic mass is 32.2. The molecule has 1 saturated heterocycles. The van der Waals surface area contributed by atoms with Gasteiger partial charge in [0.25, 0.3) is 5.91 Å². The van der Waals surface area contributed by atoms with Gasteiger partial charge in [0.2, 0.25) is 10.0 Å². The number of sulfonamides is 1. The summed E-state index contributed by atoms with van der Waals surface area (Å²) in [5.41, 5.74) is 2.11. The van der Waals surface area contributed by atoms with E-state index in [0.29, 0.717) is 31.1 Å². The lowest BCUT2D eigenvalue weighted by Gasteiger charge is -2.31. The van der Waals surface area contributed by atoms with E-state index in [9.17, 15) is 13.2 Å². The zero-order valence-corrected chi connectivity index (χ0v) is 15.4. The molecule has 1 aromatic heterocycles. The van der Waals surface area contributed by atoms with Crippen LogP contribution in [0.15, 0.2) is 18.2 Å². The van der Waals surface area contributed by atoms with Crippen molar-refractivity contribution in [1.82, 2.24) is 18.4 Å². The van der Waals surface area contributed by atoms with Crippen molar-refractivity contribution in [3.8, 4) is 0 Å². The Balaban J connectivity index is 1.29. The van der Waals surface area contributed by atoms with E-state index in [0.717, 1.165) is 48.4 Å². The van der Waals surface area contributed by atoms with E-state index >= 15 is 0 Å². The van der Waals surface area contributed by atoms with Crippen molar-refractivity contribution in [2.24, 2.45) is 5.92 Å². The Bertz CT molecular complexity index is 884. The summed E-state index contributed by atoms with van der Waals surface area (Å²) in [6.45, 7) is 1.70. The van der Waals surface area contributed by atoms with Crippen LogP contribution < -0.4 is 5.32 Å². The summed E-state index contributed by atoms with van der Waals surface area (Å²) in [6, 6.07) is 5.30. The van der Waals surface area contributed by atoms with E-state index in [1.165, 1.54) is 0 Å². The van der Waals surface area contributed by atoms with Gasteiger partial charge in [-0.2, -0.15) is 8.75 Å². The van der Waals surface area contributed by atoms with Crippen LogP contribution in [-0.2, 0) is 10.0 Å². The Labute approximate surface area is 150 Å². The standard InChI is InChI=1S/C16H20N4O3S2/c21-16(12-1-4-14-15(9-12)19-24-18-14)17-10-11-5-7-20(8-6-11)25(22,23)13-2-3-13/h1,4,9,11,13H,2-3,5-8,10H2,(H,17,21). The molecule has 0 radical (unpaired) electrons. The van der Waals surface area contributed by atoms with Gasteiger partial charge in [-0.15, -0.1) is 0 Å². The van der Waals surface area contributed by atoms with Crippen LogP contribution in [0.25, 0.3) is 11.0 Å². The number of carbonyl (C=O) groups excluding carboxylic acids is 1. The first-order chi connectivity index (χ1) is 12.0. The lowest BCUT2D eigenvalue weighted by molar-refractivity contribution is 0.0941. The monoisotopic (exact) mass is 380 g/mol. The molecule has 1 aliphatic heterocycles. The van der Waals surface area contributed by atoms with E-state index in [2.05, 4.69) is 14.1 Å². The summed E-state index contributed by atoms with van der Waals surface area (Å²) in [5.74, 6) is 0.196. The maximum Gasteiger partial charge on any atom is 0.251 e. The molecule has 1 saturated carbocycles. The summed E-state index contributed by atoms with van der Waals surface area (Å²) in [4.78, 5) is 12.3. The first-order valence-electron chi connectivity index (χ1n) is 8.53. The maximum absolute atomic E-state index is 12.3. The second-order valence-electron chi connectivity index (χ2n) is 6.76. The molecular weight excluding hydrogens is 360 g/mol. The van der Waals surface area contributed by atoms with Crippen molar-refractivity contribution < 1.29 is 13.2 Å². The summed E-state index contributed by atoms with van der Waals surface area (Å²) >= 11 is 1.13. The maximum atomic E-state index is 12.3. The van der Waals surface area contributed by atoms with E-state index in [4.69, 9.17) is 0 Å². The van der Waals surface area contributed by atoms with Gasteiger partial charge in [-0.3, -0.25) is 4.79 Å². The fourth-order valence-corrected chi connectivity index (χ4v) is 5.60. The first-order valence-corrected chi connectivity index (χ1v) is 10.8. The largest absolute Gasteiger partial charge is 0.352 e. The van der Waals surface area contributed by atoms with Gasteiger partial charge in [-0.05, 0) is 49.8 Å². The van der Waals surface area contributed by atoms with Crippen LogP contribution in [0.2, 0.25) is 0 Å². The number of amides is 1. The molecule has 1 aliphatic carbocycles. The quantitative estimate of drug-likeness (QED) is 0.851. The van der Waals surface area contributed by atoms with Gasteiger partial charge >= 0.3 is 0 Å². The Morgan fingerprint density at radius 2 is 1.88 bits per heavy atom. The van der Waals surface area contributed by atoms with E-state index < -0.39 is 10.0 Å². The zero-order chi connectivity index (χ0) is 17.4. The molecule has 25 heavy (non-hydrogen) atoms. The number of aromatic nitrogens is 2. The van der Waals surface area contributed by atoms with Gasteiger partial charge in [0.05, 0.1) is 17.0 Å². The summed E-state index contributed by atoms with van der Waals surface area (Å²) in [6.07, 6.45) is 3.19. The molecule has 0 bridgehead atoms. The molecular formula is C16H20N4O3S2. The van der Waals surface area contributed by atoms with E-state index in [1.54, 1.807) is 22.5 Å². The minimum absolute atomic E-state index is 0.122. The molecule has 2 aliphatic rings. The van der Waals surface area contributed by atoms with Crippen LogP contribution in [0.1, 0.15) is 36.0 Å². The van der Waals surface area contributed by atoms with Crippen LogP contribution in [0.4, 0.5) is 0 Å². The van der Waals surface area contributed by atoms with Crippen LogP contribution in [0.3, 0.4) is 0 Å². The van der Waals surface area contributed by atoms with Gasteiger partial charge in [0.15, 0.2) is 0 Å². The molecule has 0 spiro atoms. The lowest BCUT2D eigenvalue weighted by atomic mass is 9.98. The molecule has 9 heteroatoms. The van der Waals surface area contributed by atoms with Gasteiger partial charge in [0, 0.05) is 25.2 Å². The Morgan fingerprint density at radius 3 is 2.60 bits per heavy atom. The second kappa shape index (κ2) is 6.62. The van der Waals surface area contributed by atoms with Crippen LogP contribution in [0, 0.1) is 5.92 Å². The molecule has 7 nitrogen and oxygen atoms in total. The number of nitrogens with zero attached hydrogens (tertiary/aromatic N) is 3. The molecule has 0 atom stereocenters. The molecule has 2 fully saturated rings. The SMILES string of the molecule is O=C(NCC1CCN(S(=O)(=O)C2CC2)CC1)c1ccc2nsnc2c1. The Kier molecular flexibility index (Phi) is 4.47. The minimum Gasteiger partial charge on any atom is -0.352 e. The highest BCUT2D eigenvalue weighted by molar-refractivity contribution is 7.90. The van der Waals surface area contributed by atoms with Crippen molar-refractivity contribution >= 4 is 38.7 Å². The number of nitrogens with one attached hydrogen (secondary N) is 1. The van der Waals surface area contributed by atoms with E-state index in [-0.39, 0.29) is 11.2 Å². The molecule has 2 heterocycles. The smallest absolute Gasteiger partial charge is 0.251 e. The normalized spacial score (nSPS) is 20.0. The lowest BCUT2D eigenvalue weighted by Crippen LogP contribution is -2.42. The number of fused-ring (bicyclic) bond motifs is 1. The third kappa shape index (κ3) is 3.54. The first kappa shape index (κ1) is 16.9. The fraction of sp³-hybridized carbons (Fsp3) is 0.562. The number of rotatable bonds is 5. The van der Waals surface area contributed by atoms with Gasteiger partial charge in [-0.25, -0.2) is 12.7 Å². The van der Waals surface area contributed by atoms with Crippen molar-refractivity contribution in [3.63, 3.8) is 0 Å². The average Bonchev–Trinajstić information content (AvgIpc) is 3.39. The van der Waals surface area contributed by atoms with Gasteiger partial charge < -0.3 is 5.32 Å². The topological polar surface area (TPSA) is 92.3 Å². The zero-order valence-electron chi connectivity index (χ0n) is 13.7.